The van der Waals surface area contributed by atoms with Crippen molar-refractivity contribution in [1.29, 1.82) is 0 Å². The Hall–Kier alpha value is -2.10. The SMILES string of the molecule is CCOc1ccc(Cc2cc([C@@H]3O[C@H](CSc4ccc(CCO)cc4)[C@H](O)[C@H](O)[C@H]3O)ccc2Cl)cc1. The van der Waals surface area contributed by atoms with Crippen molar-refractivity contribution in [3.05, 3.63) is 94.0 Å². The minimum atomic E-state index is -1.35. The zero-order chi connectivity index (χ0) is 26.4. The summed E-state index contributed by atoms with van der Waals surface area (Å²) in [5.74, 6) is 1.20. The summed E-state index contributed by atoms with van der Waals surface area (Å²) >= 11 is 8.00. The van der Waals surface area contributed by atoms with E-state index < -0.39 is 30.5 Å². The number of hydrogen-bond donors (Lipinski definition) is 4. The first-order chi connectivity index (χ1) is 17.9. The van der Waals surface area contributed by atoms with Gasteiger partial charge >= 0.3 is 0 Å². The Morgan fingerprint density at radius 1 is 0.892 bits per heavy atom. The van der Waals surface area contributed by atoms with Crippen LogP contribution in [0.2, 0.25) is 5.02 Å². The van der Waals surface area contributed by atoms with E-state index in [2.05, 4.69) is 0 Å². The van der Waals surface area contributed by atoms with Crippen LogP contribution in [0, 0.1) is 0 Å². The fourth-order valence-electron chi connectivity index (χ4n) is 4.42. The van der Waals surface area contributed by atoms with Crippen LogP contribution in [0.25, 0.3) is 0 Å². The van der Waals surface area contributed by atoms with Crippen molar-refractivity contribution in [2.45, 2.75) is 55.2 Å². The highest BCUT2D eigenvalue weighted by molar-refractivity contribution is 7.99. The Morgan fingerprint density at radius 2 is 1.59 bits per heavy atom. The van der Waals surface area contributed by atoms with Gasteiger partial charge in [-0.25, -0.2) is 0 Å². The Kier molecular flexibility index (Phi) is 9.90. The van der Waals surface area contributed by atoms with E-state index in [1.54, 1.807) is 12.1 Å². The van der Waals surface area contributed by atoms with E-state index in [1.165, 1.54) is 11.8 Å². The van der Waals surface area contributed by atoms with Crippen LogP contribution in [0.15, 0.2) is 71.6 Å². The van der Waals surface area contributed by atoms with Crippen LogP contribution in [0.1, 0.15) is 35.3 Å². The molecular formula is C29H33ClO6S. The van der Waals surface area contributed by atoms with Gasteiger partial charge in [0.15, 0.2) is 0 Å². The van der Waals surface area contributed by atoms with Crippen LogP contribution in [0.4, 0.5) is 0 Å². The average Bonchev–Trinajstić information content (AvgIpc) is 2.91. The molecule has 0 unspecified atom stereocenters. The van der Waals surface area contributed by atoms with Crippen LogP contribution in [0.5, 0.6) is 5.75 Å². The van der Waals surface area contributed by atoms with Crippen molar-refractivity contribution in [2.24, 2.45) is 0 Å². The van der Waals surface area contributed by atoms with E-state index >= 15 is 0 Å². The van der Waals surface area contributed by atoms with Crippen LogP contribution < -0.4 is 4.74 Å². The van der Waals surface area contributed by atoms with E-state index in [-0.39, 0.29) is 6.61 Å². The van der Waals surface area contributed by atoms with Gasteiger partial charge < -0.3 is 29.9 Å². The van der Waals surface area contributed by atoms with Crippen molar-refractivity contribution >= 4 is 23.4 Å². The minimum Gasteiger partial charge on any atom is -0.494 e. The molecule has 4 rings (SSSR count). The Labute approximate surface area is 226 Å². The molecule has 4 N–H and O–H groups in total. The molecule has 8 heteroatoms. The number of thioether (sulfide) groups is 1. The first kappa shape index (κ1) is 27.9. The van der Waals surface area contributed by atoms with Crippen molar-refractivity contribution in [3.63, 3.8) is 0 Å². The summed E-state index contributed by atoms with van der Waals surface area (Å²) in [6.07, 6.45) is -4.16. The molecule has 1 aliphatic heterocycles. The lowest BCUT2D eigenvalue weighted by Crippen LogP contribution is -2.54. The number of hydrogen-bond acceptors (Lipinski definition) is 7. The molecule has 37 heavy (non-hydrogen) atoms. The lowest BCUT2D eigenvalue weighted by Gasteiger charge is -2.41. The molecule has 1 fully saturated rings. The molecule has 3 aromatic carbocycles. The summed E-state index contributed by atoms with van der Waals surface area (Å²) in [6.45, 7) is 2.65. The van der Waals surface area contributed by atoms with Gasteiger partial charge in [-0.3, -0.25) is 0 Å². The molecule has 0 saturated carbocycles. The van der Waals surface area contributed by atoms with E-state index in [4.69, 9.17) is 26.2 Å². The highest BCUT2D eigenvalue weighted by Crippen LogP contribution is 2.36. The van der Waals surface area contributed by atoms with Gasteiger partial charge in [0.05, 0.1) is 12.7 Å². The summed E-state index contributed by atoms with van der Waals surface area (Å²) in [6, 6.07) is 21.1. The number of halogens is 1. The molecule has 0 radical (unpaired) electrons. The van der Waals surface area contributed by atoms with Gasteiger partial charge in [-0.1, -0.05) is 48.0 Å². The standard InChI is InChI=1S/C29H33ClO6S/c1-2-35-22-8-3-19(4-9-22)15-21-16-20(7-12-24(21)30)29-28(34)27(33)26(32)25(36-29)17-37-23-10-5-18(6-11-23)13-14-31/h3-12,16,25-29,31-34H,2,13-15,17H2,1H3/t25-,26+,27+,28-,29+/m1/s1. The van der Waals surface area contributed by atoms with Gasteiger partial charge in [-0.2, -0.15) is 0 Å². The lowest BCUT2D eigenvalue weighted by molar-refractivity contribution is -0.218. The maximum absolute atomic E-state index is 10.8. The van der Waals surface area contributed by atoms with Gasteiger partial charge in [0.1, 0.15) is 30.2 Å². The van der Waals surface area contributed by atoms with Crippen LogP contribution in [-0.4, -0.2) is 63.8 Å². The number of rotatable bonds is 10. The van der Waals surface area contributed by atoms with E-state index in [9.17, 15) is 15.3 Å². The van der Waals surface area contributed by atoms with E-state index in [0.717, 1.165) is 27.3 Å². The smallest absolute Gasteiger partial charge is 0.119 e. The Morgan fingerprint density at radius 3 is 2.27 bits per heavy atom. The van der Waals surface area contributed by atoms with Gasteiger partial charge in [-0.05, 0) is 72.4 Å². The minimum absolute atomic E-state index is 0.100. The maximum atomic E-state index is 10.8. The normalized spacial score (nSPS) is 23.7. The average molecular weight is 545 g/mol. The first-order valence-electron chi connectivity index (χ1n) is 12.4. The predicted octanol–water partition coefficient (Wildman–Crippen LogP) is 4.18. The van der Waals surface area contributed by atoms with E-state index in [0.29, 0.717) is 35.8 Å². The van der Waals surface area contributed by atoms with Crippen molar-refractivity contribution in [2.75, 3.05) is 19.0 Å². The van der Waals surface area contributed by atoms with Gasteiger partial charge in [0.25, 0.3) is 0 Å². The number of benzene rings is 3. The van der Waals surface area contributed by atoms with Crippen molar-refractivity contribution in [3.8, 4) is 5.75 Å². The molecule has 3 aromatic rings. The van der Waals surface area contributed by atoms with E-state index in [1.807, 2.05) is 61.5 Å². The fraction of sp³-hybridized carbons (Fsp3) is 0.379. The largest absolute Gasteiger partial charge is 0.494 e. The maximum Gasteiger partial charge on any atom is 0.119 e. The molecule has 0 spiro atoms. The second kappa shape index (κ2) is 13.1. The van der Waals surface area contributed by atoms with Gasteiger partial charge in [0, 0.05) is 22.3 Å². The molecule has 1 saturated heterocycles. The number of ether oxygens (including phenoxy) is 2. The quantitative estimate of drug-likeness (QED) is 0.284. The third-order valence-electron chi connectivity index (χ3n) is 6.48. The highest BCUT2D eigenvalue weighted by Gasteiger charge is 2.44. The molecule has 0 amide bonds. The highest BCUT2D eigenvalue weighted by atomic mass is 35.5. The first-order valence-corrected chi connectivity index (χ1v) is 13.8. The lowest BCUT2D eigenvalue weighted by atomic mass is 9.90. The summed E-state index contributed by atoms with van der Waals surface area (Å²) in [7, 11) is 0. The molecular weight excluding hydrogens is 512 g/mol. The molecule has 0 aromatic heterocycles. The van der Waals surface area contributed by atoms with Crippen LogP contribution >= 0.6 is 23.4 Å². The topological polar surface area (TPSA) is 99.4 Å². The third-order valence-corrected chi connectivity index (χ3v) is 7.95. The van der Waals surface area contributed by atoms with Gasteiger partial charge in [-0.15, -0.1) is 11.8 Å². The zero-order valence-corrected chi connectivity index (χ0v) is 22.2. The number of aliphatic hydroxyl groups excluding tert-OH is 4. The molecule has 0 aliphatic carbocycles. The zero-order valence-electron chi connectivity index (χ0n) is 20.7. The second-order valence-electron chi connectivity index (χ2n) is 9.10. The van der Waals surface area contributed by atoms with Crippen molar-refractivity contribution in [1.82, 2.24) is 0 Å². The summed E-state index contributed by atoms with van der Waals surface area (Å²) in [5, 5.41) is 41.7. The molecule has 1 heterocycles. The number of aliphatic hydroxyl groups is 4. The fourth-order valence-corrected chi connectivity index (χ4v) is 5.57. The second-order valence-corrected chi connectivity index (χ2v) is 10.6. The predicted molar refractivity (Wildman–Crippen MR) is 145 cm³/mol. The third kappa shape index (κ3) is 7.06. The summed E-state index contributed by atoms with van der Waals surface area (Å²) < 4.78 is 11.7. The molecule has 198 valence electrons. The van der Waals surface area contributed by atoms with Crippen LogP contribution in [-0.2, 0) is 17.6 Å². The summed E-state index contributed by atoms with van der Waals surface area (Å²) in [4.78, 5) is 0.985. The Bertz CT molecular complexity index is 1140. The molecule has 5 atom stereocenters. The van der Waals surface area contributed by atoms with Crippen molar-refractivity contribution < 1.29 is 29.9 Å². The molecule has 0 bridgehead atoms. The molecule has 1 aliphatic rings. The Balaban J connectivity index is 1.47. The monoisotopic (exact) mass is 544 g/mol. The van der Waals surface area contributed by atoms with Crippen LogP contribution in [0.3, 0.4) is 0 Å². The van der Waals surface area contributed by atoms with Gasteiger partial charge in [0.2, 0.25) is 0 Å². The summed E-state index contributed by atoms with van der Waals surface area (Å²) in [5.41, 5.74) is 3.66. The molecule has 6 nitrogen and oxygen atoms in total.